The van der Waals surface area contributed by atoms with Gasteiger partial charge >= 0.3 is 5.97 Å². The molecule has 5 heteroatoms. The molecule has 1 fully saturated rings. The van der Waals surface area contributed by atoms with Gasteiger partial charge in [-0.3, -0.25) is 4.79 Å². The van der Waals surface area contributed by atoms with E-state index in [-0.39, 0.29) is 5.97 Å². The van der Waals surface area contributed by atoms with Crippen LogP contribution < -0.4 is 10.1 Å². The lowest BCUT2D eigenvalue weighted by atomic mass is 9.96. The fourth-order valence-electron chi connectivity index (χ4n) is 2.49. The first-order valence-corrected chi connectivity index (χ1v) is 8.28. The summed E-state index contributed by atoms with van der Waals surface area (Å²) in [6.45, 7) is 2.26. The van der Waals surface area contributed by atoms with Gasteiger partial charge in [-0.25, -0.2) is 0 Å². The summed E-state index contributed by atoms with van der Waals surface area (Å²) in [7, 11) is 3.51. The van der Waals surface area contributed by atoms with Crippen LogP contribution in [-0.4, -0.2) is 38.0 Å². The van der Waals surface area contributed by atoms with Gasteiger partial charge in [-0.1, -0.05) is 12.1 Å². The largest absolute Gasteiger partial charge is 0.496 e. The second-order valence-corrected chi connectivity index (χ2v) is 6.17. The van der Waals surface area contributed by atoms with Crippen molar-refractivity contribution in [3.8, 4) is 5.75 Å². The average Bonchev–Trinajstić information content (AvgIpc) is 3.34. The van der Waals surface area contributed by atoms with Crippen LogP contribution in [0.4, 0.5) is 0 Å². The second kappa shape index (κ2) is 7.18. The van der Waals surface area contributed by atoms with Gasteiger partial charge < -0.3 is 14.8 Å². The van der Waals surface area contributed by atoms with Gasteiger partial charge in [-0.05, 0) is 44.9 Å². The van der Waals surface area contributed by atoms with E-state index < -0.39 is 5.54 Å². The predicted molar refractivity (Wildman–Crippen MR) is 84.9 cm³/mol. The molecule has 1 saturated carbocycles. The number of likely N-dealkylation sites (N-methyl/N-ethyl adjacent to an activating group) is 1. The van der Waals surface area contributed by atoms with E-state index in [1.807, 2.05) is 38.2 Å². The van der Waals surface area contributed by atoms with E-state index in [1.54, 1.807) is 18.9 Å². The van der Waals surface area contributed by atoms with Gasteiger partial charge in [0.25, 0.3) is 0 Å². The summed E-state index contributed by atoms with van der Waals surface area (Å²) in [4.78, 5) is 13.5. The minimum absolute atomic E-state index is 0.141. The quantitative estimate of drug-likeness (QED) is 0.591. The maximum absolute atomic E-state index is 12.4. The van der Waals surface area contributed by atoms with Crippen molar-refractivity contribution in [2.45, 2.75) is 30.2 Å². The Balaban J connectivity index is 2.14. The Morgan fingerprint density at radius 3 is 2.71 bits per heavy atom. The molecule has 21 heavy (non-hydrogen) atoms. The van der Waals surface area contributed by atoms with E-state index in [2.05, 4.69) is 5.32 Å². The van der Waals surface area contributed by atoms with E-state index >= 15 is 0 Å². The van der Waals surface area contributed by atoms with Gasteiger partial charge in [-0.15, -0.1) is 11.8 Å². The van der Waals surface area contributed by atoms with Gasteiger partial charge in [0.05, 0.1) is 13.7 Å². The third kappa shape index (κ3) is 3.52. The molecule has 1 N–H and O–H groups in total. The molecule has 1 aliphatic rings. The van der Waals surface area contributed by atoms with E-state index in [9.17, 15) is 4.79 Å². The van der Waals surface area contributed by atoms with Crippen LogP contribution in [0.15, 0.2) is 29.2 Å². The number of nitrogens with one attached hydrogen (secondary N) is 1. The molecular weight excluding hydrogens is 286 g/mol. The number of ether oxygens (including phenoxy) is 2. The Kier molecular flexibility index (Phi) is 5.53. The normalized spacial score (nSPS) is 17.1. The maximum Gasteiger partial charge on any atom is 0.327 e. The van der Waals surface area contributed by atoms with Crippen molar-refractivity contribution in [2.24, 2.45) is 5.92 Å². The summed E-state index contributed by atoms with van der Waals surface area (Å²) < 4.78 is 10.7. The highest BCUT2D eigenvalue weighted by atomic mass is 32.2. The van der Waals surface area contributed by atoms with Crippen LogP contribution in [0.5, 0.6) is 5.75 Å². The number of rotatable bonds is 8. The first kappa shape index (κ1) is 16.2. The molecule has 0 radical (unpaired) electrons. The van der Waals surface area contributed by atoms with Crippen molar-refractivity contribution in [2.75, 3.05) is 26.5 Å². The zero-order valence-electron chi connectivity index (χ0n) is 12.8. The third-order valence-corrected chi connectivity index (χ3v) is 5.13. The van der Waals surface area contributed by atoms with Crippen LogP contribution in [0, 0.1) is 5.92 Å². The number of hydrogen-bond acceptors (Lipinski definition) is 5. The van der Waals surface area contributed by atoms with Crippen molar-refractivity contribution in [1.29, 1.82) is 0 Å². The maximum atomic E-state index is 12.4. The first-order valence-electron chi connectivity index (χ1n) is 7.30. The van der Waals surface area contributed by atoms with Crippen molar-refractivity contribution in [3.05, 3.63) is 24.3 Å². The molecule has 0 aliphatic heterocycles. The molecular formula is C16H23NO3S. The molecule has 2 rings (SSSR count). The van der Waals surface area contributed by atoms with E-state index in [4.69, 9.17) is 9.47 Å². The van der Waals surface area contributed by atoms with Crippen molar-refractivity contribution >= 4 is 17.7 Å². The van der Waals surface area contributed by atoms with Crippen molar-refractivity contribution in [3.63, 3.8) is 0 Å². The Bertz CT molecular complexity index is 490. The molecule has 0 bridgehead atoms. The number of methoxy groups -OCH3 is 1. The first-order chi connectivity index (χ1) is 10.2. The zero-order chi connectivity index (χ0) is 15.3. The lowest BCUT2D eigenvalue weighted by Crippen LogP contribution is -2.55. The standard InChI is InChI=1S/C16H23NO3S/c1-4-20-15(18)16(17-2,12-9-10-12)11-21-14-8-6-5-7-13(14)19-3/h5-8,12,17H,4,9-11H2,1-3H3. The Morgan fingerprint density at radius 1 is 1.43 bits per heavy atom. The summed E-state index contributed by atoms with van der Waals surface area (Å²) in [5.74, 6) is 1.71. The van der Waals surface area contributed by atoms with Gasteiger partial charge in [0, 0.05) is 10.6 Å². The van der Waals surface area contributed by atoms with Crippen LogP contribution in [0.2, 0.25) is 0 Å². The lowest BCUT2D eigenvalue weighted by Gasteiger charge is -2.31. The highest BCUT2D eigenvalue weighted by Gasteiger charge is 2.51. The zero-order valence-corrected chi connectivity index (χ0v) is 13.7. The fourth-order valence-corrected chi connectivity index (χ4v) is 3.84. The molecule has 0 saturated heterocycles. The highest BCUT2D eigenvalue weighted by molar-refractivity contribution is 7.99. The summed E-state index contributed by atoms with van der Waals surface area (Å²) in [5, 5.41) is 3.23. The predicted octanol–water partition coefficient (Wildman–Crippen LogP) is 2.72. The number of carbonyl (C=O) groups excluding carboxylic acids is 1. The molecule has 1 aromatic carbocycles. The summed E-state index contributed by atoms with van der Waals surface area (Å²) in [6, 6.07) is 7.88. The number of hydrogen-bond donors (Lipinski definition) is 1. The number of para-hydroxylation sites is 1. The number of carbonyl (C=O) groups is 1. The topological polar surface area (TPSA) is 47.6 Å². The van der Waals surface area contributed by atoms with Gasteiger partial charge in [0.2, 0.25) is 0 Å². The molecule has 1 aliphatic carbocycles. The molecule has 1 aromatic rings. The molecule has 0 spiro atoms. The molecule has 0 heterocycles. The van der Waals surface area contributed by atoms with Gasteiger partial charge in [-0.2, -0.15) is 0 Å². The third-order valence-electron chi connectivity index (χ3n) is 3.88. The van der Waals surface area contributed by atoms with Crippen LogP contribution in [0.1, 0.15) is 19.8 Å². The average molecular weight is 309 g/mol. The monoisotopic (exact) mass is 309 g/mol. The number of esters is 1. The van der Waals surface area contributed by atoms with Gasteiger partial charge in [0.1, 0.15) is 11.3 Å². The molecule has 1 atom stereocenters. The summed E-state index contributed by atoms with van der Waals surface area (Å²) in [6.07, 6.45) is 2.15. The smallest absolute Gasteiger partial charge is 0.327 e. The second-order valence-electron chi connectivity index (χ2n) is 5.16. The molecule has 4 nitrogen and oxygen atoms in total. The summed E-state index contributed by atoms with van der Waals surface area (Å²) in [5.41, 5.74) is -0.596. The number of benzene rings is 1. The van der Waals surface area contributed by atoms with Crippen LogP contribution in [0.3, 0.4) is 0 Å². The Morgan fingerprint density at radius 2 is 2.14 bits per heavy atom. The van der Waals surface area contributed by atoms with Crippen LogP contribution in [0.25, 0.3) is 0 Å². The van der Waals surface area contributed by atoms with Gasteiger partial charge in [0.15, 0.2) is 0 Å². The van der Waals surface area contributed by atoms with E-state index in [0.717, 1.165) is 23.5 Å². The van der Waals surface area contributed by atoms with Crippen LogP contribution >= 0.6 is 11.8 Å². The molecule has 116 valence electrons. The molecule has 0 amide bonds. The minimum Gasteiger partial charge on any atom is -0.496 e. The van der Waals surface area contributed by atoms with Crippen LogP contribution in [-0.2, 0) is 9.53 Å². The minimum atomic E-state index is -0.596. The Labute approximate surface area is 130 Å². The lowest BCUT2D eigenvalue weighted by molar-refractivity contribution is -0.150. The highest BCUT2D eigenvalue weighted by Crippen LogP contribution is 2.44. The van der Waals surface area contributed by atoms with E-state index in [1.165, 1.54) is 0 Å². The number of thioether (sulfide) groups is 1. The van der Waals surface area contributed by atoms with Crippen molar-refractivity contribution in [1.82, 2.24) is 5.32 Å². The van der Waals surface area contributed by atoms with Crippen molar-refractivity contribution < 1.29 is 14.3 Å². The molecule has 1 unspecified atom stereocenters. The van der Waals surface area contributed by atoms with E-state index in [0.29, 0.717) is 18.3 Å². The summed E-state index contributed by atoms with van der Waals surface area (Å²) >= 11 is 1.64. The Hall–Kier alpha value is -1.20. The SMILES string of the molecule is CCOC(=O)C(CSc1ccccc1OC)(NC)C1CC1. The fraction of sp³-hybridized carbons (Fsp3) is 0.562. The molecule has 0 aromatic heterocycles.